The van der Waals surface area contributed by atoms with Crippen molar-refractivity contribution in [1.82, 2.24) is 14.9 Å². The van der Waals surface area contributed by atoms with Gasteiger partial charge in [0.15, 0.2) is 11.5 Å². The van der Waals surface area contributed by atoms with E-state index in [-0.39, 0.29) is 11.1 Å². The molecule has 0 amide bonds. The van der Waals surface area contributed by atoms with Crippen LogP contribution in [0, 0.1) is 12.3 Å². The fourth-order valence-electron chi connectivity index (χ4n) is 4.94. The maximum atomic E-state index is 13.3. The third-order valence-electron chi connectivity index (χ3n) is 6.85. The van der Waals surface area contributed by atoms with Gasteiger partial charge in [0.2, 0.25) is 0 Å². The molecule has 1 aliphatic carbocycles. The second kappa shape index (κ2) is 10.2. The summed E-state index contributed by atoms with van der Waals surface area (Å²) in [5, 5.41) is 3.94. The van der Waals surface area contributed by atoms with Gasteiger partial charge in [-0.25, -0.2) is 9.97 Å². The molecular formula is C27H34F3N5O2. The summed E-state index contributed by atoms with van der Waals surface area (Å²) in [5.74, 6) is 2.15. The maximum absolute atomic E-state index is 13.3. The molecule has 200 valence electrons. The molecular weight excluding hydrogens is 483 g/mol. The van der Waals surface area contributed by atoms with Gasteiger partial charge in [0.1, 0.15) is 11.6 Å². The van der Waals surface area contributed by atoms with E-state index in [0.717, 1.165) is 31.5 Å². The molecule has 37 heavy (non-hydrogen) atoms. The molecule has 1 aliphatic rings. The van der Waals surface area contributed by atoms with Gasteiger partial charge >= 0.3 is 6.18 Å². The summed E-state index contributed by atoms with van der Waals surface area (Å²) in [5.41, 5.74) is 6.18. The summed E-state index contributed by atoms with van der Waals surface area (Å²) in [6.45, 7) is 5.02. The minimum atomic E-state index is -4.49. The second-order valence-corrected chi connectivity index (χ2v) is 10.3. The molecule has 1 fully saturated rings. The first-order chi connectivity index (χ1) is 17.4. The molecule has 10 heteroatoms. The summed E-state index contributed by atoms with van der Waals surface area (Å²) in [7, 11) is 5.71. The lowest BCUT2D eigenvalue weighted by molar-refractivity contribution is -0.137. The predicted octanol–water partition coefficient (Wildman–Crippen LogP) is 5.83. The Morgan fingerprint density at radius 1 is 1.11 bits per heavy atom. The molecule has 3 aromatic rings. The van der Waals surface area contributed by atoms with Crippen LogP contribution >= 0.6 is 0 Å². The molecule has 0 radical (unpaired) electrons. The lowest BCUT2D eigenvalue weighted by atomic mass is 9.69. The molecule has 0 bridgehead atoms. The second-order valence-electron chi connectivity index (χ2n) is 10.3. The molecule has 1 saturated carbocycles. The molecule has 0 saturated heterocycles. The average molecular weight is 518 g/mol. The van der Waals surface area contributed by atoms with Crippen LogP contribution in [0.3, 0.4) is 0 Å². The minimum absolute atomic E-state index is 0.0465. The van der Waals surface area contributed by atoms with Crippen molar-refractivity contribution < 1.29 is 22.6 Å². The number of anilines is 2. The topological polar surface area (TPSA) is 85.5 Å². The number of benzene rings is 2. The first-order valence-corrected chi connectivity index (χ1v) is 12.3. The summed E-state index contributed by atoms with van der Waals surface area (Å²) in [6, 6.07) is 6.70. The summed E-state index contributed by atoms with van der Waals surface area (Å²) in [6.07, 6.45) is -1.10. The maximum Gasteiger partial charge on any atom is 0.416 e. The number of halogens is 3. The monoisotopic (exact) mass is 517 g/mol. The van der Waals surface area contributed by atoms with E-state index >= 15 is 0 Å². The van der Waals surface area contributed by atoms with Crippen LogP contribution in [-0.2, 0) is 6.18 Å². The number of nitrogens with zero attached hydrogens (tertiary/aromatic N) is 3. The van der Waals surface area contributed by atoms with Crippen LogP contribution in [0.4, 0.5) is 24.7 Å². The van der Waals surface area contributed by atoms with Crippen LogP contribution in [-0.4, -0.2) is 49.2 Å². The molecule has 1 atom stereocenters. The average Bonchev–Trinajstić information content (AvgIpc) is 2.79. The summed E-state index contributed by atoms with van der Waals surface area (Å²) >= 11 is 0. The number of fused-ring (bicyclic) bond motifs is 1. The highest BCUT2D eigenvalue weighted by Gasteiger charge is 2.38. The van der Waals surface area contributed by atoms with Gasteiger partial charge in [-0.1, -0.05) is 6.42 Å². The Morgan fingerprint density at radius 2 is 1.84 bits per heavy atom. The van der Waals surface area contributed by atoms with Crippen molar-refractivity contribution in [3.8, 4) is 11.5 Å². The normalized spacial score (nSPS) is 15.9. The third kappa shape index (κ3) is 6.01. The highest BCUT2D eigenvalue weighted by atomic mass is 19.4. The number of methoxy groups -OCH3 is 1. The van der Waals surface area contributed by atoms with Crippen molar-refractivity contribution in [2.45, 2.75) is 45.3 Å². The Balaban J connectivity index is 1.67. The van der Waals surface area contributed by atoms with Gasteiger partial charge in [0.05, 0.1) is 30.8 Å². The first kappa shape index (κ1) is 26.8. The van der Waals surface area contributed by atoms with Crippen LogP contribution in [0.15, 0.2) is 30.3 Å². The van der Waals surface area contributed by atoms with E-state index in [2.05, 4.69) is 34.3 Å². The Morgan fingerprint density at radius 3 is 2.43 bits per heavy atom. The fourth-order valence-corrected chi connectivity index (χ4v) is 4.94. The van der Waals surface area contributed by atoms with Crippen LogP contribution in [0.1, 0.15) is 49.2 Å². The van der Waals surface area contributed by atoms with Crippen molar-refractivity contribution in [3.05, 3.63) is 47.3 Å². The van der Waals surface area contributed by atoms with E-state index in [0.29, 0.717) is 46.2 Å². The SMILES string of the molecule is COc1cc2nc(C)nc(N[C@H](C)c3cc(N)cc(C(F)(F)F)c3)c2cc1OCC1(CN(C)C)CCC1. The number of hydrogen-bond acceptors (Lipinski definition) is 7. The van der Waals surface area contributed by atoms with Gasteiger partial charge in [-0.3, -0.25) is 0 Å². The number of nitrogen functional groups attached to an aromatic ring is 1. The van der Waals surface area contributed by atoms with E-state index in [1.165, 1.54) is 12.5 Å². The number of nitrogens with one attached hydrogen (secondary N) is 1. The molecule has 0 spiro atoms. The fraction of sp³-hybridized carbons (Fsp3) is 0.481. The third-order valence-corrected chi connectivity index (χ3v) is 6.85. The van der Waals surface area contributed by atoms with Gasteiger partial charge in [-0.05, 0) is 70.6 Å². The molecule has 1 heterocycles. The van der Waals surface area contributed by atoms with E-state index in [1.807, 2.05) is 6.07 Å². The van der Waals surface area contributed by atoms with Gasteiger partial charge in [0, 0.05) is 29.1 Å². The summed E-state index contributed by atoms with van der Waals surface area (Å²) in [4.78, 5) is 11.3. The first-order valence-electron chi connectivity index (χ1n) is 12.3. The van der Waals surface area contributed by atoms with E-state index in [4.69, 9.17) is 15.2 Å². The number of aromatic nitrogens is 2. The highest BCUT2D eigenvalue weighted by Crippen LogP contribution is 2.43. The number of alkyl halides is 3. The lowest BCUT2D eigenvalue weighted by Crippen LogP contribution is -2.44. The Bertz CT molecular complexity index is 1280. The molecule has 4 rings (SSSR count). The lowest BCUT2D eigenvalue weighted by Gasteiger charge is -2.43. The molecule has 7 nitrogen and oxygen atoms in total. The Hall–Kier alpha value is -3.27. The Kier molecular flexibility index (Phi) is 7.41. The molecule has 1 aromatic heterocycles. The largest absolute Gasteiger partial charge is 0.493 e. The number of rotatable bonds is 9. The zero-order chi connectivity index (χ0) is 27.0. The summed E-state index contributed by atoms with van der Waals surface area (Å²) < 4.78 is 52.0. The van der Waals surface area contributed by atoms with Crippen molar-refractivity contribution in [3.63, 3.8) is 0 Å². The van der Waals surface area contributed by atoms with E-state index < -0.39 is 17.8 Å². The molecule has 2 aromatic carbocycles. The van der Waals surface area contributed by atoms with Crippen molar-refractivity contribution in [1.29, 1.82) is 0 Å². The quantitative estimate of drug-likeness (QED) is 0.345. The van der Waals surface area contributed by atoms with Crippen molar-refractivity contribution in [2.75, 3.05) is 45.4 Å². The Labute approximate surface area is 215 Å². The standard InChI is InChI=1S/C27H34F3N5O2/c1-16(18-9-19(27(28,29)30)11-20(31)10-18)32-25-21-12-24(23(36-5)13-22(21)33-17(2)34-25)37-15-26(7-6-8-26)14-35(3)4/h9-13,16H,6-8,14-15,31H2,1-5H3,(H,32,33,34)/t16-/m1/s1. The van der Waals surface area contributed by atoms with Crippen LogP contribution in [0.25, 0.3) is 10.9 Å². The van der Waals surface area contributed by atoms with Crippen molar-refractivity contribution >= 4 is 22.4 Å². The zero-order valence-corrected chi connectivity index (χ0v) is 21.9. The van der Waals surface area contributed by atoms with Crippen LogP contribution in [0.2, 0.25) is 0 Å². The van der Waals surface area contributed by atoms with Crippen LogP contribution in [0.5, 0.6) is 11.5 Å². The van der Waals surface area contributed by atoms with Gasteiger partial charge in [-0.2, -0.15) is 13.2 Å². The molecule has 0 aliphatic heterocycles. The van der Waals surface area contributed by atoms with Crippen LogP contribution < -0.4 is 20.5 Å². The van der Waals surface area contributed by atoms with Gasteiger partial charge in [-0.15, -0.1) is 0 Å². The van der Waals surface area contributed by atoms with Gasteiger partial charge < -0.3 is 25.4 Å². The van der Waals surface area contributed by atoms with Crippen molar-refractivity contribution in [2.24, 2.45) is 5.41 Å². The van der Waals surface area contributed by atoms with Gasteiger partial charge in [0.25, 0.3) is 0 Å². The minimum Gasteiger partial charge on any atom is -0.493 e. The number of ether oxygens (including phenoxy) is 2. The molecule has 3 N–H and O–H groups in total. The highest BCUT2D eigenvalue weighted by molar-refractivity contribution is 5.92. The van der Waals surface area contributed by atoms with E-state index in [1.54, 1.807) is 27.0 Å². The predicted molar refractivity (Wildman–Crippen MR) is 139 cm³/mol. The zero-order valence-electron chi connectivity index (χ0n) is 21.9. The number of aryl methyl sites for hydroxylation is 1. The molecule has 0 unspecified atom stereocenters. The number of hydrogen-bond donors (Lipinski definition) is 2. The van der Waals surface area contributed by atoms with E-state index in [9.17, 15) is 13.2 Å². The number of nitrogens with two attached hydrogens (primary N) is 1. The smallest absolute Gasteiger partial charge is 0.416 e.